The number of benzene rings is 3. The summed E-state index contributed by atoms with van der Waals surface area (Å²) in [6.45, 7) is 0. The van der Waals surface area contributed by atoms with Gasteiger partial charge in [-0.05, 0) is 41.8 Å². The molecule has 0 bridgehead atoms. The van der Waals surface area contributed by atoms with Gasteiger partial charge < -0.3 is 5.32 Å². The van der Waals surface area contributed by atoms with Crippen molar-refractivity contribution in [1.82, 2.24) is 0 Å². The highest BCUT2D eigenvalue weighted by molar-refractivity contribution is 7.86. The number of halogens is 2. The number of anilines is 1. The number of nitrogens with one attached hydrogen (secondary N) is 1. The molecular weight excluding hydrogens is 432 g/mol. The van der Waals surface area contributed by atoms with Crippen LogP contribution in [-0.4, -0.2) is 31.8 Å². The predicted octanol–water partition coefficient (Wildman–Crippen LogP) is 2.86. The molecule has 0 aliphatic carbocycles. The van der Waals surface area contributed by atoms with E-state index in [2.05, 4.69) is 5.32 Å². The highest BCUT2D eigenvalue weighted by atomic mass is 32.2. The topological polar surface area (TPSA) is 138 Å². The summed E-state index contributed by atoms with van der Waals surface area (Å²) in [7, 11) is -9.66. The Labute approximate surface area is 163 Å². The van der Waals surface area contributed by atoms with Crippen LogP contribution >= 0.6 is 0 Å². The van der Waals surface area contributed by atoms with E-state index in [4.69, 9.17) is 0 Å². The van der Waals surface area contributed by atoms with Gasteiger partial charge in [-0.3, -0.25) is 13.9 Å². The fourth-order valence-corrected chi connectivity index (χ4v) is 3.99. The molecule has 152 valence electrons. The maximum atomic E-state index is 13.3. The lowest BCUT2D eigenvalue weighted by Crippen LogP contribution is -2.12. The molecule has 0 unspecified atom stereocenters. The summed E-state index contributed by atoms with van der Waals surface area (Å²) in [5, 5.41) is 2.18. The van der Waals surface area contributed by atoms with Gasteiger partial charge in [-0.2, -0.15) is 16.8 Å². The standard InChI is InChI=1S/C17H11F2NO7S2/c18-11-3-10(4-12(19)7-11)17(21)20-13-1-2-15-9(5-13)6-14(28(22,23)24)8-16(15)29(25,26)27/h1-8H,(H,20,21)(H,22,23,24)(H,25,26,27). The Morgan fingerprint density at radius 2 is 1.45 bits per heavy atom. The van der Waals surface area contributed by atoms with Crippen LogP contribution in [0.4, 0.5) is 14.5 Å². The van der Waals surface area contributed by atoms with Crippen LogP contribution in [0.2, 0.25) is 0 Å². The third-order valence-corrected chi connectivity index (χ3v) is 5.57. The van der Waals surface area contributed by atoms with E-state index in [1.54, 1.807) is 0 Å². The molecule has 0 spiro atoms. The number of hydrogen-bond donors (Lipinski definition) is 3. The molecule has 0 aliphatic heterocycles. The summed E-state index contributed by atoms with van der Waals surface area (Å²) < 4.78 is 91.1. The van der Waals surface area contributed by atoms with Gasteiger partial charge in [0.25, 0.3) is 26.1 Å². The molecule has 12 heteroatoms. The van der Waals surface area contributed by atoms with Crippen LogP contribution in [-0.2, 0) is 20.2 Å². The molecule has 0 saturated carbocycles. The Hall–Kier alpha value is -2.93. The molecule has 0 aromatic heterocycles. The second-order valence-corrected chi connectivity index (χ2v) is 8.73. The van der Waals surface area contributed by atoms with Crippen molar-refractivity contribution in [3.8, 4) is 0 Å². The minimum Gasteiger partial charge on any atom is -0.322 e. The van der Waals surface area contributed by atoms with Crippen molar-refractivity contribution in [3.63, 3.8) is 0 Å². The van der Waals surface area contributed by atoms with Gasteiger partial charge in [0, 0.05) is 22.7 Å². The number of hydrogen-bond acceptors (Lipinski definition) is 5. The van der Waals surface area contributed by atoms with E-state index < -0.39 is 47.6 Å². The van der Waals surface area contributed by atoms with E-state index in [0.717, 1.165) is 24.3 Å². The van der Waals surface area contributed by atoms with Crippen LogP contribution in [0.5, 0.6) is 0 Å². The maximum absolute atomic E-state index is 13.3. The summed E-state index contributed by atoms with van der Waals surface area (Å²) in [6.07, 6.45) is 0. The van der Waals surface area contributed by atoms with Crippen LogP contribution in [0.3, 0.4) is 0 Å². The van der Waals surface area contributed by atoms with Crippen molar-refractivity contribution in [2.75, 3.05) is 5.32 Å². The number of carbonyl (C=O) groups is 1. The molecule has 1 amide bonds. The second kappa shape index (κ2) is 7.15. The first kappa shape index (κ1) is 20.8. The predicted molar refractivity (Wildman–Crippen MR) is 97.9 cm³/mol. The van der Waals surface area contributed by atoms with Crippen molar-refractivity contribution < 1.29 is 39.5 Å². The minimum absolute atomic E-state index is 0.0287. The zero-order valence-corrected chi connectivity index (χ0v) is 15.8. The third kappa shape index (κ3) is 4.56. The number of carbonyl (C=O) groups excluding carboxylic acids is 1. The van der Waals surface area contributed by atoms with E-state index in [9.17, 15) is 39.5 Å². The summed E-state index contributed by atoms with van der Waals surface area (Å²) in [4.78, 5) is 10.6. The largest absolute Gasteiger partial charge is 0.322 e. The van der Waals surface area contributed by atoms with E-state index in [-0.39, 0.29) is 22.0 Å². The van der Waals surface area contributed by atoms with E-state index in [1.165, 1.54) is 12.1 Å². The summed E-state index contributed by atoms with van der Waals surface area (Å²) >= 11 is 0. The fourth-order valence-electron chi connectivity index (χ4n) is 2.64. The van der Waals surface area contributed by atoms with Crippen LogP contribution in [0, 0.1) is 11.6 Å². The Bertz CT molecular complexity index is 1350. The quantitative estimate of drug-likeness (QED) is 0.527. The highest BCUT2D eigenvalue weighted by Crippen LogP contribution is 2.29. The average molecular weight is 443 g/mol. The molecule has 3 aromatic carbocycles. The fraction of sp³-hybridized carbons (Fsp3) is 0. The Kier molecular flexibility index (Phi) is 5.13. The smallest absolute Gasteiger partial charge is 0.295 e. The monoisotopic (exact) mass is 443 g/mol. The number of rotatable bonds is 4. The van der Waals surface area contributed by atoms with E-state index in [1.807, 2.05) is 0 Å². The first-order valence-corrected chi connectivity index (χ1v) is 10.5. The van der Waals surface area contributed by atoms with Gasteiger partial charge in [0.05, 0.1) is 4.90 Å². The van der Waals surface area contributed by atoms with Crippen LogP contribution < -0.4 is 5.32 Å². The molecule has 8 nitrogen and oxygen atoms in total. The Balaban J connectivity index is 2.10. The average Bonchev–Trinajstić information content (AvgIpc) is 2.58. The second-order valence-electron chi connectivity index (χ2n) is 5.92. The summed E-state index contributed by atoms with van der Waals surface area (Å²) in [6, 6.07) is 7.26. The van der Waals surface area contributed by atoms with Crippen molar-refractivity contribution in [3.05, 3.63) is 65.7 Å². The van der Waals surface area contributed by atoms with Gasteiger partial charge in [-0.15, -0.1) is 0 Å². The van der Waals surface area contributed by atoms with Crippen LogP contribution in [0.1, 0.15) is 10.4 Å². The lowest BCUT2D eigenvalue weighted by atomic mass is 10.1. The molecule has 0 fully saturated rings. The molecule has 0 aliphatic rings. The van der Waals surface area contributed by atoms with Gasteiger partial charge in [0.2, 0.25) is 0 Å². The Morgan fingerprint density at radius 1 is 0.828 bits per heavy atom. The first-order valence-electron chi connectivity index (χ1n) is 7.65. The molecule has 0 saturated heterocycles. The zero-order valence-electron chi connectivity index (χ0n) is 14.1. The SMILES string of the molecule is O=C(Nc1ccc2c(S(=O)(=O)O)cc(S(=O)(=O)O)cc2c1)c1cc(F)cc(F)c1. The Morgan fingerprint density at radius 3 is 2.00 bits per heavy atom. The molecule has 0 radical (unpaired) electrons. The third-order valence-electron chi connectivity index (χ3n) is 3.85. The van der Waals surface area contributed by atoms with Crippen molar-refractivity contribution in [2.24, 2.45) is 0 Å². The first-order chi connectivity index (χ1) is 13.3. The lowest BCUT2D eigenvalue weighted by molar-refractivity contribution is 0.102. The lowest BCUT2D eigenvalue weighted by Gasteiger charge is -2.10. The number of amides is 1. The summed E-state index contributed by atoms with van der Waals surface area (Å²) in [5.41, 5.74) is -0.297. The summed E-state index contributed by atoms with van der Waals surface area (Å²) in [5.74, 6) is -2.82. The zero-order chi connectivity index (χ0) is 21.6. The minimum atomic E-state index is -4.85. The van der Waals surface area contributed by atoms with Crippen molar-refractivity contribution >= 4 is 42.6 Å². The highest BCUT2D eigenvalue weighted by Gasteiger charge is 2.21. The van der Waals surface area contributed by atoms with Crippen LogP contribution in [0.25, 0.3) is 10.8 Å². The van der Waals surface area contributed by atoms with Crippen molar-refractivity contribution in [2.45, 2.75) is 9.79 Å². The van der Waals surface area contributed by atoms with Gasteiger partial charge in [0.1, 0.15) is 16.5 Å². The molecule has 3 N–H and O–H groups in total. The molecule has 29 heavy (non-hydrogen) atoms. The van der Waals surface area contributed by atoms with Gasteiger partial charge in [0.15, 0.2) is 0 Å². The van der Waals surface area contributed by atoms with E-state index >= 15 is 0 Å². The molecule has 0 heterocycles. The van der Waals surface area contributed by atoms with Gasteiger partial charge >= 0.3 is 0 Å². The van der Waals surface area contributed by atoms with Gasteiger partial charge in [-0.25, -0.2) is 8.78 Å². The maximum Gasteiger partial charge on any atom is 0.295 e. The molecule has 3 aromatic rings. The number of fused-ring (bicyclic) bond motifs is 1. The molecular formula is C17H11F2NO7S2. The molecule has 0 atom stereocenters. The normalized spacial score (nSPS) is 12.1. The molecule has 3 rings (SSSR count). The van der Waals surface area contributed by atoms with Gasteiger partial charge in [-0.1, -0.05) is 6.07 Å². The van der Waals surface area contributed by atoms with Crippen molar-refractivity contribution in [1.29, 1.82) is 0 Å². The van der Waals surface area contributed by atoms with E-state index in [0.29, 0.717) is 12.1 Å². The van der Waals surface area contributed by atoms with Crippen LogP contribution in [0.15, 0.2) is 58.3 Å².